The minimum atomic E-state index is 0.347. The molecule has 0 aromatic rings. The molecule has 0 aliphatic heterocycles. The van der Waals surface area contributed by atoms with E-state index in [4.69, 9.17) is 15.2 Å². The zero-order valence-corrected chi connectivity index (χ0v) is 6.09. The molecule has 3 nitrogen and oxygen atoms in total. The van der Waals surface area contributed by atoms with Crippen molar-refractivity contribution in [3.05, 3.63) is 0 Å². The Balaban J connectivity index is 3.18. The van der Waals surface area contributed by atoms with Crippen molar-refractivity contribution in [3.63, 3.8) is 0 Å². The van der Waals surface area contributed by atoms with E-state index in [0.717, 1.165) is 0 Å². The summed E-state index contributed by atoms with van der Waals surface area (Å²) < 4.78 is 9.77. The predicted octanol–water partition coefficient (Wildman–Crippen LogP) is -0.146. The van der Waals surface area contributed by atoms with Crippen molar-refractivity contribution in [1.82, 2.24) is 0 Å². The molecule has 0 rings (SSSR count). The van der Waals surface area contributed by atoms with Gasteiger partial charge in [-0.2, -0.15) is 0 Å². The summed E-state index contributed by atoms with van der Waals surface area (Å²) in [5, 5.41) is 0. The number of hydrogen-bond acceptors (Lipinski definition) is 3. The van der Waals surface area contributed by atoms with Gasteiger partial charge < -0.3 is 15.2 Å². The number of nitrogens with two attached hydrogens (primary N) is 1. The second kappa shape index (κ2) is 6.01. The van der Waals surface area contributed by atoms with Crippen LogP contribution in [0.4, 0.5) is 0 Å². The molecule has 0 atom stereocenters. The summed E-state index contributed by atoms with van der Waals surface area (Å²) in [6.07, 6.45) is 0. The first kappa shape index (κ1) is 8.88. The Morgan fingerprint density at radius 1 is 1.22 bits per heavy atom. The molecular weight excluding hydrogens is 118 g/mol. The van der Waals surface area contributed by atoms with Crippen LogP contribution in [0, 0.1) is 5.92 Å². The first-order chi connectivity index (χ1) is 4.35. The summed E-state index contributed by atoms with van der Waals surface area (Å²) in [7, 11) is 3.33. The molecule has 0 unspecified atom stereocenters. The Morgan fingerprint density at radius 3 is 1.89 bits per heavy atom. The molecule has 2 N–H and O–H groups in total. The molecule has 0 aromatic heterocycles. The Kier molecular flexibility index (Phi) is 5.93. The Bertz CT molecular complexity index is 53.0. The van der Waals surface area contributed by atoms with E-state index in [1.807, 2.05) is 0 Å². The maximum atomic E-state index is 5.38. The van der Waals surface area contributed by atoms with Crippen molar-refractivity contribution in [2.75, 3.05) is 34.0 Å². The van der Waals surface area contributed by atoms with Crippen LogP contribution in [0.15, 0.2) is 0 Å². The molecule has 9 heavy (non-hydrogen) atoms. The van der Waals surface area contributed by atoms with Crippen molar-refractivity contribution in [1.29, 1.82) is 0 Å². The van der Waals surface area contributed by atoms with Crippen molar-refractivity contribution in [3.8, 4) is 0 Å². The van der Waals surface area contributed by atoms with Gasteiger partial charge in [-0.25, -0.2) is 0 Å². The lowest BCUT2D eigenvalue weighted by Gasteiger charge is -2.10. The monoisotopic (exact) mass is 133 g/mol. The highest BCUT2D eigenvalue weighted by Crippen LogP contribution is 1.93. The Hall–Kier alpha value is -0.120. The highest BCUT2D eigenvalue weighted by molar-refractivity contribution is 4.55. The van der Waals surface area contributed by atoms with E-state index >= 15 is 0 Å². The van der Waals surface area contributed by atoms with E-state index in [2.05, 4.69) is 0 Å². The van der Waals surface area contributed by atoms with E-state index in [1.165, 1.54) is 0 Å². The maximum Gasteiger partial charge on any atom is 0.0524 e. The average Bonchev–Trinajstić information content (AvgIpc) is 1.88. The molecule has 0 saturated heterocycles. The SMILES string of the molecule is COCC(CN)COC. The second-order valence-electron chi connectivity index (χ2n) is 2.01. The molecule has 0 radical (unpaired) electrons. The third kappa shape index (κ3) is 4.39. The van der Waals surface area contributed by atoms with E-state index in [9.17, 15) is 0 Å². The first-order valence-corrected chi connectivity index (χ1v) is 3.03. The number of rotatable bonds is 5. The third-order valence-electron chi connectivity index (χ3n) is 1.14. The largest absolute Gasteiger partial charge is 0.384 e. The molecule has 0 aliphatic rings. The summed E-state index contributed by atoms with van der Waals surface area (Å²) >= 11 is 0. The molecule has 0 saturated carbocycles. The molecule has 0 heterocycles. The summed E-state index contributed by atoms with van der Waals surface area (Å²) in [4.78, 5) is 0. The molecule has 56 valence electrons. The minimum Gasteiger partial charge on any atom is -0.384 e. The van der Waals surface area contributed by atoms with Crippen molar-refractivity contribution < 1.29 is 9.47 Å². The number of methoxy groups -OCH3 is 2. The van der Waals surface area contributed by atoms with Crippen LogP contribution in [0.3, 0.4) is 0 Å². The van der Waals surface area contributed by atoms with Crippen LogP contribution in [-0.4, -0.2) is 34.0 Å². The zero-order valence-electron chi connectivity index (χ0n) is 6.09. The molecule has 0 aromatic carbocycles. The highest BCUT2D eigenvalue weighted by atomic mass is 16.5. The normalized spacial score (nSPS) is 10.7. The topological polar surface area (TPSA) is 44.5 Å². The summed E-state index contributed by atoms with van der Waals surface area (Å²) in [5.41, 5.74) is 5.38. The van der Waals surface area contributed by atoms with Gasteiger partial charge in [-0.1, -0.05) is 0 Å². The number of hydrogen-bond donors (Lipinski definition) is 1. The third-order valence-corrected chi connectivity index (χ3v) is 1.14. The fourth-order valence-corrected chi connectivity index (χ4v) is 0.656. The van der Waals surface area contributed by atoms with Crippen LogP contribution in [0.5, 0.6) is 0 Å². The van der Waals surface area contributed by atoms with Gasteiger partial charge in [-0.15, -0.1) is 0 Å². The molecule has 3 heteroatoms. The average molecular weight is 133 g/mol. The van der Waals surface area contributed by atoms with Crippen LogP contribution in [-0.2, 0) is 9.47 Å². The van der Waals surface area contributed by atoms with Crippen molar-refractivity contribution in [2.24, 2.45) is 11.7 Å². The van der Waals surface area contributed by atoms with E-state index < -0.39 is 0 Å². The lowest BCUT2D eigenvalue weighted by molar-refractivity contribution is 0.0886. The van der Waals surface area contributed by atoms with E-state index in [-0.39, 0.29) is 0 Å². The van der Waals surface area contributed by atoms with Gasteiger partial charge in [0.05, 0.1) is 13.2 Å². The quantitative estimate of drug-likeness (QED) is 0.567. The predicted molar refractivity (Wildman–Crippen MR) is 36.3 cm³/mol. The molecule has 0 bridgehead atoms. The molecular formula is C6H15NO2. The van der Waals surface area contributed by atoms with Gasteiger partial charge >= 0.3 is 0 Å². The Morgan fingerprint density at radius 2 is 1.67 bits per heavy atom. The van der Waals surface area contributed by atoms with Crippen LogP contribution in [0.2, 0.25) is 0 Å². The molecule has 0 fully saturated rings. The maximum absolute atomic E-state index is 5.38. The molecule has 0 aliphatic carbocycles. The lowest BCUT2D eigenvalue weighted by atomic mass is 10.2. The van der Waals surface area contributed by atoms with E-state index in [1.54, 1.807) is 14.2 Å². The van der Waals surface area contributed by atoms with Gasteiger partial charge in [0.1, 0.15) is 0 Å². The second-order valence-corrected chi connectivity index (χ2v) is 2.01. The highest BCUT2D eigenvalue weighted by Gasteiger charge is 2.03. The number of ether oxygens (including phenoxy) is 2. The lowest BCUT2D eigenvalue weighted by Crippen LogP contribution is -2.23. The summed E-state index contributed by atoms with van der Waals surface area (Å²) in [6, 6.07) is 0. The standard InChI is InChI=1S/C6H15NO2/c1-8-4-6(3-7)5-9-2/h6H,3-5,7H2,1-2H3. The fraction of sp³-hybridized carbons (Fsp3) is 1.00. The van der Waals surface area contributed by atoms with Crippen LogP contribution < -0.4 is 5.73 Å². The van der Waals surface area contributed by atoms with Gasteiger partial charge in [-0.3, -0.25) is 0 Å². The van der Waals surface area contributed by atoms with Crippen LogP contribution in [0.1, 0.15) is 0 Å². The molecule has 0 spiro atoms. The van der Waals surface area contributed by atoms with Crippen molar-refractivity contribution in [2.45, 2.75) is 0 Å². The van der Waals surface area contributed by atoms with Gasteiger partial charge in [0.2, 0.25) is 0 Å². The Labute approximate surface area is 56.1 Å². The van der Waals surface area contributed by atoms with Crippen LogP contribution >= 0.6 is 0 Å². The van der Waals surface area contributed by atoms with Crippen molar-refractivity contribution >= 4 is 0 Å². The minimum absolute atomic E-state index is 0.347. The first-order valence-electron chi connectivity index (χ1n) is 3.03. The van der Waals surface area contributed by atoms with Gasteiger partial charge in [0, 0.05) is 20.1 Å². The summed E-state index contributed by atoms with van der Waals surface area (Å²) in [5.74, 6) is 0.347. The van der Waals surface area contributed by atoms with E-state index in [0.29, 0.717) is 25.7 Å². The smallest absolute Gasteiger partial charge is 0.0524 e. The zero-order chi connectivity index (χ0) is 7.11. The van der Waals surface area contributed by atoms with Gasteiger partial charge in [0.15, 0.2) is 0 Å². The molecule has 0 amide bonds. The summed E-state index contributed by atoms with van der Waals surface area (Å²) in [6.45, 7) is 2.00. The van der Waals surface area contributed by atoms with Gasteiger partial charge in [-0.05, 0) is 6.54 Å². The fourth-order valence-electron chi connectivity index (χ4n) is 0.656. The van der Waals surface area contributed by atoms with Crippen LogP contribution in [0.25, 0.3) is 0 Å². The van der Waals surface area contributed by atoms with Gasteiger partial charge in [0.25, 0.3) is 0 Å².